The van der Waals surface area contributed by atoms with Crippen LogP contribution in [-0.2, 0) is 14.8 Å². The van der Waals surface area contributed by atoms with Crippen LogP contribution in [0.4, 0.5) is 0 Å². The number of nitrogens with one attached hydrogen (secondary N) is 2. The van der Waals surface area contributed by atoms with Crippen molar-refractivity contribution in [2.75, 3.05) is 26.7 Å². The van der Waals surface area contributed by atoms with Crippen LogP contribution in [0.15, 0.2) is 23.1 Å². The largest absolute Gasteiger partial charge is 0.358 e. The highest BCUT2D eigenvalue weighted by molar-refractivity contribution is 7.89. The first-order chi connectivity index (χ1) is 9.86. The molecule has 21 heavy (non-hydrogen) atoms. The molecule has 1 fully saturated rings. The molecule has 1 aromatic carbocycles. The highest BCUT2D eigenvalue weighted by Gasteiger charge is 2.37. The van der Waals surface area contributed by atoms with Crippen LogP contribution in [0.5, 0.6) is 0 Å². The molecule has 0 spiro atoms. The smallest absolute Gasteiger partial charge is 0.243 e. The van der Waals surface area contributed by atoms with E-state index in [0.717, 1.165) is 11.1 Å². The molecular weight excluding hydrogens is 290 g/mol. The molecule has 1 aliphatic heterocycles. The summed E-state index contributed by atoms with van der Waals surface area (Å²) in [5, 5.41) is 5.59. The maximum atomic E-state index is 12.8. The summed E-state index contributed by atoms with van der Waals surface area (Å²) in [6.07, 6.45) is 0. The molecule has 1 atom stereocenters. The second-order valence-electron chi connectivity index (χ2n) is 5.27. The van der Waals surface area contributed by atoms with Crippen LogP contribution < -0.4 is 10.6 Å². The molecule has 2 N–H and O–H groups in total. The summed E-state index contributed by atoms with van der Waals surface area (Å²) in [6.45, 7) is 4.87. The highest BCUT2D eigenvalue weighted by atomic mass is 32.2. The lowest BCUT2D eigenvalue weighted by atomic mass is 10.2. The average molecular weight is 311 g/mol. The molecule has 2 rings (SSSR count). The minimum Gasteiger partial charge on any atom is -0.358 e. The summed E-state index contributed by atoms with van der Waals surface area (Å²) in [6, 6.07) is 4.50. The van der Waals surface area contributed by atoms with Crippen molar-refractivity contribution in [2.24, 2.45) is 0 Å². The van der Waals surface area contributed by atoms with Gasteiger partial charge < -0.3 is 10.6 Å². The lowest BCUT2D eigenvalue weighted by Crippen LogP contribution is -2.59. The van der Waals surface area contributed by atoms with E-state index in [2.05, 4.69) is 10.6 Å². The zero-order valence-corrected chi connectivity index (χ0v) is 13.3. The van der Waals surface area contributed by atoms with Gasteiger partial charge >= 0.3 is 0 Å². The van der Waals surface area contributed by atoms with E-state index in [1.54, 1.807) is 12.1 Å². The molecule has 0 aliphatic carbocycles. The summed E-state index contributed by atoms with van der Waals surface area (Å²) < 4.78 is 27.0. The summed E-state index contributed by atoms with van der Waals surface area (Å²) in [5.41, 5.74) is 1.78. The van der Waals surface area contributed by atoms with Gasteiger partial charge in [-0.3, -0.25) is 4.79 Å². The van der Waals surface area contributed by atoms with Crippen LogP contribution in [0.25, 0.3) is 0 Å². The number of hydrogen-bond donors (Lipinski definition) is 2. The topological polar surface area (TPSA) is 78.5 Å². The maximum Gasteiger partial charge on any atom is 0.243 e. The van der Waals surface area contributed by atoms with Gasteiger partial charge in [-0.25, -0.2) is 8.42 Å². The molecular formula is C14H21N3O3S. The van der Waals surface area contributed by atoms with Crippen molar-refractivity contribution >= 4 is 15.9 Å². The molecule has 1 heterocycles. The van der Waals surface area contributed by atoms with E-state index < -0.39 is 16.1 Å². The van der Waals surface area contributed by atoms with E-state index >= 15 is 0 Å². The number of aryl methyl sites for hydroxylation is 2. The molecule has 1 aromatic rings. The normalized spacial score (nSPS) is 20.2. The Morgan fingerprint density at radius 3 is 2.48 bits per heavy atom. The Bertz CT molecular complexity index is 623. The van der Waals surface area contributed by atoms with Crippen LogP contribution in [0, 0.1) is 13.8 Å². The number of likely N-dealkylation sites (N-methyl/N-ethyl adjacent to an activating group) is 1. The third-order valence-electron chi connectivity index (χ3n) is 3.55. The Hall–Kier alpha value is -1.44. The first-order valence-electron chi connectivity index (χ1n) is 6.88. The lowest BCUT2D eigenvalue weighted by Gasteiger charge is -2.33. The standard InChI is InChI=1S/C14H21N3O3S/c1-10-6-11(2)8-12(7-10)21(19,20)17-5-4-16-9-13(17)14(18)15-3/h6-8,13,16H,4-5,9H2,1-3H3,(H,15,18). The van der Waals surface area contributed by atoms with Crippen LogP contribution >= 0.6 is 0 Å². The van der Waals surface area contributed by atoms with Crippen LogP contribution in [0.1, 0.15) is 11.1 Å². The number of carbonyl (C=O) groups excluding carboxylic acids is 1. The molecule has 0 saturated carbocycles. The Balaban J connectivity index is 2.42. The van der Waals surface area contributed by atoms with E-state index in [0.29, 0.717) is 13.1 Å². The second kappa shape index (κ2) is 6.13. The van der Waals surface area contributed by atoms with Crippen molar-refractivity contribution in [1.29, 1.82) is 0 Å². The Morgan fingerprint density at radius 1 is 1.29 bits per heavy atom. The van der Waals surface area contributed by atoms with Gasteiger partial charge in [-0.2, -0.15) is 4.31 Å². The van der Waals surface area contributed by atoms with Crippen LogP contribution in [-0.4, -0.2) is 51.4 Å². The average Bonchev–Trinajstić information content (AvgIpc) is 2.45. The van der Waals surface area contributed by atoms with Crippen molar-refractivity contribution < 1.29 is 13.2 Å². The van der Waals surface area contributed by atoms with Gasteiger partial charge in [0.1, 0.15) is 6.04 Å². The predicted octanol–water partition coefficient (Wildman–Crippen LogP) is 0.0119. The van der Waals surface area contributed by atoms with E-state index in [1.807, 2.05) is 19.9 Å². The first-order valence-corrected chi connectivity index (χ1v) is 8.32. The Labute approximate surface area is 125 Å². The molecule has 1 amide bonds. The van der Waals surface area contributed by atoms with E-state index in [9.17, 15) is 13.2 Å². The number of hydrogen-bond acceptors (Lipinski definition) is 4. The molecule has 116 valence electrons. The van der Waals surface area contributed by atoms with Crippen LogP contribution in [0.2, 0.25) is 0 Å². The number of rotatable bonds is 3. The van der Waals surface area contributed by atoms with Gasteiger partial charge in [0.25, 0.3) is 0 Å². The number of sulfonamides is 1. The fourth-order valence-electron chi connectivity index (χ4n) is 2.58. The fourth-order valence-corrected chi connectivity index (χ4v) is 4.36. The van der Waals surface area contributed by atoms with Crippen molar-refractivity contribution in [3.63, 3.8) is 0 Å². The Morgan fingerprint density at radius 2 is 1.90 bits per heavy atom. The minimum absolute atomic E-state index is 0.246. The van der Waals surface area contributed by atoms with Gasteiger partial charge in [-0.1, -0.05) is 6.07 Å². The van der Waals surface area contributed by atoms with Crippen molar-refractivity contribution in [1.82, 2.24) is 14.9 Å². The number of piperazine rings is 1. The summed E-state index contributed by atoms with van der Waals surface area (Å²) in [4.78, 5) is 12.2. The molecule has 0 aromatic heterocycles. The zero-order chi connectivity index (χ0) is 15.6. The van der Waals surface area contributed by atoms with Crippen LogP contribution in [0.3, 0.4) is 0 Å². The van der Waals surface area contributed by atoms with Crippen molar-refractivity contribution in [2.45, 2.75) is 24.8 Å². The van der Waals surface area contributed by atoms with E-state index in [4.69, 9.17) is 0 Å². The number of carbonyl (C=O) groups is 1. The quantitative estimate of drug-likeness (QED) is 0.824. The minimum atomic E-state index is -3.68. The van der Waals surface area contributed by atoms with Crippen molar-refractivity contribution in [3.8, 4) is 0 Å². The molecule has 6 nitrogen and oxygen atoms in total. The highest BCUT2D eigenvalue weighted by Crippen LogP contribution is 2.22. The summed E-state index contributed by atoms with van der Waals surface area (Å²) in [5.74, 6) is -0.296. The number of amides is 1. The fraction of sp³-hybridized carbons (Fsp3) is 0.500. The molecule has 1 saturated heterocycles. The number of benzene rings is 1. The summed E-state index contributed by atoms with van der Waals surface area (Å²) in [7, 11) is -2.17. The first kappa shape index (κ1) is 15.9. The van der Waals surface area contributed by atoms with Crippen molar-refractivity contribution in [3.05, 3.63) is 29.3 Å². The van der Waals surface area contributed by atoms with E-state index in [-0.39, 0.29) is 17.3 Å². The molecule has 7 heteroatoms. The summed E-state index contributed by atoms with van der Waals surface area (Å²) >= 11 is 0. The van der Waals surface area contributed by atoms with Gasteiger partial charge in [-0.15, -0.1) is 0 Å². The third kappa shape index (κ3) is 3.25. The lowest BCUT2D eigenvalue weighted by molar-refractivity contribution is -0.124. The molecule has 0 bridgehead atoms. The molecule has 1 unspecified atom stereocenters. The van der Waals surface area contributed by atoms with Gasteiger partial charge in [0.05, 0.1) is 4.90 Å². The van der Waals surface area contributed by atoms with E-state index in [1.165, 1.54) is 11.4 Å². The monoisotopic (exact) mass is 311 g/mol. The van der Waals surface area contributed by atoms with Gasteiger partial charge in [0, 0.05) is 26.7 Å². The number of nitrogens with zero attached hydrogens (tertiary/aromatic N) is 1. The third-order valence-corrected chi connectivity index (χ3v) is 5.43. The SMILES string of the molecule is CNC(=O)C1CNCCN1S(=O)(=O)c1cc(C)cc(C)c1. The zero-order valence-electron chi connectivity index (χ0n) is 12.5. The van der Waals surface area contributed by atoms with Gasteiger partial charge in [0.2, 0.25) is 15.9 Å². The van der Waals surface area contributed by atoms with Gasteiger partial charge in [0.15, 0.2) is 0 Å². The maximum absolute atomic E-state index is 12.8. The Kier molecular flexibility index (Phi) is 4.65. The van der Waals surface area contributed by atoms with Gasteiger partial charge in [-0.05, 0) is 37.1 Å². The predicted molar refractivity (Wildman–Crippen MR) is 80.5 cm³/mol. The molecule has 1 aliphatic rings. The second-order valence-corrected chi connectivity index (χ2v) is 7.16. The molecule has 0 radical (unpaired) electrons.